The molecule has 4 nitrogen and oxygen atoms in total. The first-order valence-electron chi connectivity index (χ1n) is 7.68. The minimum Gasteiger partial charge on any atom is -0.319 e. The molecule has 5 heteroatoms. The molecule has 0 radical (unpaired) electrons. The van der Waals surface area contributed by atoms with Crippen LogP contribution in [0.4, 0.5) is 0 Å². The van der Waals surface area contributed by atoms with Gasteiger partial charge in [-0.3, -0.25) is 0 Å². The maximum atomic E-state index is 12.3. The summed E-state index contributed by atoms with van der Waals surface area (Å²) < 4.78 is 27.4. The third-order valence-corrected chi connectivity index (χ3v) is 5.81. The Morgan fingerprint density at radius 2 is 1.76 bits per heavy atom. The summed E-state index contributed by atoms with van der Waals surface area (Å²) in [6, 6.07) is 7.18. The van der Waals surface area contributed by atoms with E-state index in [0.29, 0.717) is 11.4 Å². The number of benzene rings is 1. The maximum absolute atomic E-state index is 12.3. The van der Waals surface area contributed by atoms with E-state index in [4.69, 9.17) is 0 Å². The largest absolute Gasteiger partial charge is 0.319 e. The zero-order valence-electron chi connectivity index (χ0n) is 13.0. The molecule has 2 rings (SSSR count). The lowest BCUT2D eigenvalue weighted by molar-refractivity contribution is 0.336. The lowest BCUT2D eigenvalue weighted by atomic mass is 9.89. The predicted octanol–water partition coefficient (Wildman–Crippen LogP) is 2.31. The van der Waals surface area contributed by atoms with Crippen molar-refractivity contribution in [2.45, 2.75) is 43.9 Å². The van der Waals surface area contributed by atoms with E-state index in [9.17, 15) is 8.42 Å². The summed E-state index contributed by atoms with van der Waals surface area (Å²) in [6.45, 7) is 3.60. The molecule has 0 heterocycles. The van der Waals surface area contributed by atoms with Crippen molar-refractivity contribution in [3.05, 3.63) is 29.8 Å². The Labute approximate surface area is 128 Å². The van der Waals surface area contributed by atoms with Gasteiger partial charge in [0.05, 0.1) is 4.90 Å². The second-order valence-corrected chi connectivity index (χ2v) is 8.11. The smallest absolute Gasteiger partial charge is 0.240 e. The number of nitrogens with one attached hydrogen (secondary N) is 2. The summed E-state index contributed by atoms with van der Waals surface area (Å²) in [5, 5.41) is 3.09. The van der Waals surface area contributed by atoms with Crippen molar-refractivity contribution < 1.29 is 8.42 Å². The van der Waals surface area contributed by atoms with Gasteiger partial charge in [-0.1, -0.05) is 31.9 Å². The van der Waals surface area contributed by atoms with Crippen molar-refractivity contribution in [2.75, 3.05) is 20.1 Å². The fourth-order valence-corrected chi connectivity index (χ4v) is 4.06. The minimum absolute atomic E-state index is 0.125. The molecular formula is C16H26N2O2S. The third kappa shape index (κ3) is 4.53. The molecule has 0 atom stereocenters. The van der Waals surface area contributed by atoms with Crippen LogP contribution in [0.25, 0.3) is 0 Å². The Balaban J connectivity index is 1.98. The van der Waals surface area contributed by atoms with Gasteiger partial charge < -0.3 is 5.32 Å². The molecule has 1 fully saturated rings. The summed E-state index contributed by atoms with van der Waals surface area (Å²) >= 11 is 0. The first kappa shape index (κ1) is 16.5. The zero-order chi connectivity index (χ0) is 15.3. The van der Waals surface area contributed by atoms with Crippen molar-refractivity contribution in [3.8, 4) is 0 Å². The van der Waals surface area contributed by atoms with Gasteiger partial charge in [0.1, 0.15) is 0 Å². The summed E-state index contributed by atoms with van der Waals surface area (Å²) in [5.41, 5.74) is 1.27. The van der Waals surface area contributed by atoms with Crippen LogP contribution in [0.3, 0.4) is 0 Å². The van der Waals surface area contributed by atoms with Crippen LogP contribution in [0.1, 0.15) is 38.2 Å². The van der Waals surface area contributed by atoms with Crippen LogP contribution in [-0.2, 0) is 16.4 Å². The molecular weight excluding hydrogens is 284 g/mol. The van der Waals surface area contributed by atoms with Gasteiger partial charge in [0, 0.05) is 6.54 Å². The van der Waals surface area contributed by atoms with Crippen LogP contribution in [-0.4, -0.2) is 28.6 Å². The number of hydrogen-bond donors (Lipinski definition) is 2. The van der Waals surface area contributed by atoms with E-state index in [0.717, 1.165) is 31.4 Å². The van der Waals surface area contributed by atoms with E-state index in [2.05, 4.69) is 17.0 Å². The second-order valence-electron chi connectivity index (χ2n) is 6.34. The first-order chi connectivity index (χ1) is 9.95. The highest BCUT2D eigenvalue weighted by molar-refractivity contribution is 7.89. The molecule has 118 valence electrons. The van der Waals surface area contributed by atoms with E-state index in [1.807, 2.05) is 19.2 Å². The van der Waals surface area contributed by atoms with Crippen molar-refractivity contribution >= 4 is 10.0 Å². The highest BCUT2D eigenvalue weighted by Crippen LogP contribution is 2.36. The molecule has 0 aromatic heterocycles. The minimum atomic E-state index is -3.39. The van der Waals surface area contributed by atoms with E-state index in [1.165, 1.54) is 12.8 Å². The van der Waals surface area contributed by atoms with Gasteiger partial charge in [0.15, 0.2) is 0 Å². The molecule has 1 aliphatic carbocycles. The van der Waals surface area contributed by atoms with Crippen LogP contribution in [0, 0.1) is 5.41 Å². The van der Waals surface area contributed by atoms with Crippen molar-refractivity contribution in [3.63, 3.8) is 0 Å². The van der Waals surface area contributed by atoms with Gasteiger partial charge in [-0.05, 0) is 56.0 Å². The lowest BCUT2D eigenvalue weighted by Gasteiger charge is -2.23. The van der Waals surface area contributed by atoms with Crippen LogP contribution in [0.15, 0.2) is 29.2 Å². The average molecular weight is 310 g/mol. The van der Waals surface area contributed by atoms with Crippen LogP contribution < -0.4 is 10.0 Å². The molecule has 0 spiro atoms. The summed E-state index contributed by atoms with van der Waals surface area (Å²) in [7, 11) is -1.48. The Morgan fingerprint density at radius 1 is 1.14 bits per heavy atom. The van der Waals surface area contributed by atoms with Crippen LogP contribution >= 0.6 is 0 Å². The summed E-state index contributed by atoms with van der Waals surface area (Å²) in [5.74, 6) is 0. The molecule has 1 aromatic rings. The fraction of sp³-hybridized carbons (Fsp3) is 0.625. The molecule has 21 heavy (non-hydrogen) atoms. The van der Waals surface area contributed by atoms with Crippen LogP contribution in [0.5, 0.6) is 0 Å². The monoisotopic (exact) mass is 310 g/mol. The molecule has 1 aromatic carbocycles. The molecule has 1 aliphatic rings. The Kier molecular flexibility index (Phi) is 5.41. The van der Waals surface area contributed by atoms with Gasteiger partial charge in [0.2, 0.25) is 10.0 Å². The van der Waals surface area contributed by atoms with E-state index in [-0.39, 0.29) is 5.41 Å². The topological polar surface area (TPSA) is 58.2 Å². The molecule has 0 bridgehead atoms. The number of sulfonamides is 1. The molecule has 0 unspecified atom stereocenters. The first-order valence-corrected chi connectivity index (χ1v) is 9.17. The van der Waals surface area contributed by atoms with Gasteiger partial charge in [-0.15, -0.1) is 0 Å². The highest BCUT2D eigenvalue weighted by Gasteiger charge is 2.30. The van der Waals surface area contributed by atoms with Crippen molar-refractivity contribution in [1.29, 1.82) is 0 Å². The number of rotatable bonds is 7. The summed E-state index contributed by atoms with van der Waals surface area (Å²) in [6.07, 6.45) is 5.54. The second kappa shape index (κ2) is 6.90. The highest BCUT2D eigenvalue weighted by atomic mass is 32.2. The molecule has 2 N–H and O–H groups in total. The molecule has 1 saturated carbocycles. The van der Waals surface area contributed by atoms with Crippen molar-refractivity contribution in [2.24, 2.45) is 5.41 Å². The van der Waals surface area contributed by atoms with Gasteiger partial charge in [0.25, 0.3) is 0 Å². The quantitative estimate of drug-likeness (QED) is 0.812. The van der Waals surface area contributed by atoms with Gasteiger partial charge >= 0.3 is 0 Å². The van der Waals surface area contributed by atoms with Crippen molar-refractivity contribution in [1.82, 2.24) is 10.0 Å². The molecule has 0 saturated heterocycles. The zero-order valence-corrected chi connectivity index (χ0v) is 13.8. The fourth-order valence-electron chi connectivity index (χ4n) is 2.86. The maximum Gasteiger partial charge on any atom is 0.240 e. The standard InChI is InChI=1S/C16H26N2O2S/c1-16(10-3-4-11-16)13-18-21(19,20)15-7-5-14(6-8-15)9-12-17-2/h5-8,17-18H,3-4,9-13H2,1-2H3. The predicted molar refractivity (Wildman–Crippen MR) is 85.8 cm³/mol. The summed E-state index contributed by atoms with van der Waals surface area (Å²) in [4.78, 5) is 0.359. The van der Waals surface area contributed by atoms with Crippen LogP contribution in [0.2, 0.25) is 0 Å². The number of likely N-dealkylation sites (N-methyl/N-ethyl adjacent to an activating group) is 1. The van der Waals surface area contributed by atoms with Gasteiger partial charge in [-0.25, -0.2) is 13.1 Å². The Hall–Kier alpha value is -0.910. The molecule has 0 aliphatic heterocycles. The lowest BCUT2D eigenvalue weighted by Crippen LogP contribution is -2.34. The number of hydrogen-bond acceptors (Lipinski definition) is 3. The Bertz CT molecular complexity index is 546. The molecule has 0 amide bonds. The normalized spacial score (nSPS) is 18.0. The average Bonchev–Trinajstić information content (AvgIpc) is 2.91. The SMILES string of the molecule is CNCCc1ccc(S(=O)(=O)NCC2(C)CCCC2)cc1. The van der Waals surface area contributed by atoms with Gasteiger partial charge in [-0.2, -0.15) is 0 Å². The Morgan fingerprint density at radius 3 is 2.33 bits per heavy atom. The third-order valence-electron chi connectivity index (χ3n) is 4.40. The van der Waals surface area contributed by atoms with E-state index >= 15 is 0 Å². The van der Waals surface area contributed by atoms with E-state index in [1.54, 1.807) is 12.1 Å². The van der Waals surface area contributed by atoms with E-state index < -0.39 is 10.0 Å².